The van der Waals surface area contributed by atoms with Gasteiger partial charge in [-0.2, -0.15) is 0 Å². The minimum atomic E-state index is -0.844. The van der Waals surface area contributed by atoms with Gasteiger partial charge in [0.15, 0.2) is 0 Å². The Hall–Kier alpha value is -0.870. The fourth-order valence-electron chi connectivity index (χ4n) is 8.60. The van der Waals surface area contributed by atoms with Crippen molar-refractivity contribution in [2.75, 3.05) is 6.61 Å². The van der Waals surface area contributed by atoms with Crippen LogP contribution in [0.4, 0.5) is 0 Å². The molecule has 0 aromatic carbocycles. The van der Waals surface area contributed by atoms with E-state index in [9.17, 15) is 15.0 Å². The van der Waals surface area contributed by atoms with Crippen molar-refractivity contribution >= 4 is 5.97 Å². The first-order valence-electron chi connectivity index (χ1n) is 11.5. The molecule has 0 amide bonds. The van der Waals surface area contributed by atoms with E-state index in [1.165, 1.54) is 25.7 Å². The van der Waals surface area contributed by atoms with E-state index in [0.29, 0.717) is 12.5 Å². The molecule has 5 aliphatic rings. The lowest BCUT2D eigenvalue weighted by Gasteiger charge is -2.65. The van der Waals surface area contributed by atoms with Gasteiger partial charge in [0.05, 0.1) is 11.7 Å². The lowest BCUT2D eigenvalue weighted by atomic mass is 9.42. The van der Waals surface area contributed by atoms with E-state index < -0.39 is 17.1 Å². The minimum Gasteiger partial charge on any atom is -0.458 e. The third kappa shape index (κ3) is 2.28. The van der Waals surface area contributed by atoms with Gasteiger partial charge in [-0.05, 0) is 85.5 Å². The number of aliphatic hydroxyl groups is 2. The van der Waals surface area contributed by atoms with Crippen molar-refractivity contribution in [2.24, 2.45) is 40.4 Å². The Morgan fingerprint density at radius 3 is 2.57 bits per heavy atom. The maximum Gasteiger partial charge on any atom is 0.331 e. The van der Waals surface area contributed by atoms with E-state index in [2.05, 4.69) is 20.8 Å². The molecule has 0 radical (unpaired) electrons. The molecule has 1 unspecified atom stereocenters. The number of hydrogen-bond acceptors (Lipinski definition) is 4. The van der Waals surface area contributed by atoms with Gasteiger partial charge in [0.25, 0.3) is 0 Å². The quantitative estimate of drug-likeness (QED) is 0.670. The monoisotopic (exact) mass is 388 g/mol. The summed E-state index contributed by atoms with van der Waals surface area (Å²) in [6.45, 7) is 7.25. The molecule has 0 aromatic heterocycles. The summed E-state index contributed by atoms with van der Waals surface area (Å²) in [5, 5.41) is 23.7. The average Bonchev–Trinajstić information content (AvgIpc) is 3.19. The second kappa shape index (κ2) is 6.07. The van der Waals surface area contributed by atoms with Gasteiger partial charge >= 0.3 is 5.97 Å². The Bertz CT molecular complexity index is 715. The van der Waals surface area contributed by atoms with Crippen molar-refractivity contribution < 1.29 is 19.7 Å². The van der Waals surface area contributed by atoms with Crippen molar-refractivity contribution in [1.82, 2.24) is 0 Å². The first-order chi connectivity index (χ1) is 13.2. The average molecular weight is 389 g/mol. The number of carbonyl (C=O) groups is 1. The van der Waals surface area contributed by atoms with Crippen molar-refractivity contribution in [2.45, 2.75) is 83.8 Å². The molecule has 0 bridgehead atoms. The van der Waals surface area contributed by atoms with Crippen LogP contribution in [-0.2, 0) is 9.53 Å². The van der Waals surface area contributed by atoms with E-state index in [4.69, 9.17) is 4.74 Å². The fraction of sp³-hybridized carbons (Fsp3) is 0.875. The summed E-state index contributed by atoms with van der Waals surface area (Å²) in [4.78, 5) is 11.7. The maximum absolute atomic E-state index is 12.2. The Morgan fingerprint density at radius 2 is 1.86 bits per heavy atom. The van der Waals surface area contributed by atoms with Crippen LogP contribution in [0.25, 0.3) is 0 Å². The number of fused-ring (bicyclic) bond motifs is 5. The first-order valence-corrected chi connectivity index (χ1v) is 11.5. The van der Waals surface area contributed by atoms with Crippen LogP contribution in [-0.4, -0.2) is 34.5 Å². The summed E-state index contributed by atoms with van der Waals surface area (Å²) in [7, 11) is 0. The number of carbonyl (C=O) groups excluding carboxylic acids is 1. The molecule has 4 nitrogen and oxygen atoms in total. The van der Waals surface area contributed by atoms with Crippen LogP contribution in [0.5, 0.6) is 0 Å². The topological polar surface area (TPSA) is 66.8 Å². The summed E-state index contributed by atoms with van der Waals surface area (Å²) in [5.41, 5.74) is -0.202. The Morgan fingerprint density at radius 1 is 1.07 bits per heavy atom. The second-order valence-electron chi connectivity index (χ2n) is 11.2. The molecular formula is C24H36O4. The summed E-state index contributed by atoms with van der Waals surface area (Å²) in [6.07, 6.45) is 9.56. The molecule has 2 N–H and O–H groups in total. The summed E-state index contributed by atoms with van der Waals surface area (Å²) in [6, 6.07) is 0. The van der Waals surface area contributed by atoms with E-state index in [-0.39, 0.29) is 23.2 Å². The first kappa shape index (κ1) is 19.1. The zero-order chi connectivity index (χ0) is 19.9. The number of rotatable bonds is 1. The number of hydrogen-bond donors (Lipinski definition) is 2. The molecular weight excluding hydrogens is 352 g/mol. The van der Waals surface area contributed by atoms with Gasteiger partial charge in [-0.3, -0.25) is 0 Å². The standard InChI is InChI=1S/C24H36O4/c1-14-6-8-22(2)16(10-14)4-5-18-19(22)12-20(25)23(3)17(7-9-24(18,23)27)15-11-21(26)28-13-15/h11,14,16-20,25,27H,4-10,12-13H2,1-3H3/t14-,16+,17+,18+,19?,20+,22-,23-,24-/m0/s1. The highest BCUT2D eigenvalue weighted by atomic mass is 16.5. The summed E-state index contributed by atoms with van der Waals surface area (Å²) >= 11 is 0. The van der Waals surface area contributed by atoms with Crippen LogP contribution >= 0.6 is 0 Å². The Labute approximate surface area is 168 Å². The molecule has 4 aliphatic carbocycles. The van der Waals surface area contributed by atoms with Crippen LogP contribution in [0.3, 0.4) is 0 Å². The number of cyclic esters (lactones) is 1. The maximum atomic E-state index is 12.2. The highest BCUT2D eigenvalue weighted by molar-refractivity contribution is 5.85. The lowest BCUT2D eigenvalue weighted by Crippen LogP contribution is -2.66. The molecule has 0 spiro atoms. The van der Waals surface area contributed by atoms with Crippen LogP contribution in [0.2, 0.25) is 0 Å². The van der Waals surface area contributed by atoms with E-state index in [1.54, 1.807) is 6.08 Å². The van der Waals surface area contributed by atoms with Gasteiger partial charge in [0, 0.05) is 11.5 Å². The molecule has 5 rings (SSSR count). The van der Waals surface area contributed by atoms with Gasteiger partial charge in [-0.1, -0.05) is 27.2 Å². The molecule has 28 heavy (non-hydrogen) atoms. The summed E-state index contributed by atoms with van der Waals surface area (Å²) in [5.74, 6) is 1.97. The zero-order valence-corrected chi connectivity index (χ0v) is 17.6. The van der Waals surface area contributed by atoms with Crippen molar-refractivity contribution in [3.63, 3.8) is 0 Å². The van der Waals surface area contributed by atoms with Crippen molar-refractivity contribution in [3.05, 3.63) is 11.6 Å². The highest BCUT2D eigenvalue weighted by Crippen LogP contribution is 2.70. The van der Waals surface area contributed by atoms with Crippen LogP contribution in [0.1, 0.15) is 72.1 Å². The van der Waals surface area contributed by atoms with E-state index >= 15 is 0 Å². The smallest absolute Gasteiger partial charge is 0.331 e. The van der Waals surface area contributed by atoms with Crippen LogP contribution in [0.15, 0.2) is 11.6 Å². The number of aliphatic hydroxyl groups excluding tert-OH is 1. The molecule has 0 aromatic rings. The number of esters is 1. The lowest BCUT2D eigenvalue weighted by molar-refractivity contribution is -0.243. The van der Waals surface area contributed by atoms with E-state index in [0.717, 1.165) is 43.1 Å². The molecule has 9 atom stereocenters. The van der Waals surface area contributed by atoms with Gasteiger partial charge in [0.2, 0.25) is 0 Å². The van der Waals surface area contributed by atoms with Crippen molar-refractivity contribution in [3.8, 4) is 0 Å². The second-order valence-corrected chi connectivity index (χ2v) is 11.2. The largest absolute Gasteiger partial charge is 0.458 e. The van der Waals surface area contributed by atoms with Crippen LogP contribution in [0, 0.1) is 40.4 Å². The fourth-order valence-corrected chi connectivity index (χ4v) is 8.60. The SMILES string of the molecule is C[C@H]1CC[C@]2(C)C3C[C@@H](O)[C@]4(C)[C@@H](C5=CC(=O)OC5)CC[C@]4(O)[C@@H]3CC[C@@H]2C1. The summed E-state index contributed by atoms with van der Waals surface area (Å²) < 4.78 is 5.18. The van der Waals surface area contributed by atoms with Gasteiger partial charge in [-0.15, -0.1) is 0 Å². The third-order valence-corrected chi connectivity index (χ3v) is 10.3. The Balaban J connectivity index is 1.51. The predicted octanol–water partition coefficient (Wildman–Crippen LogP) is 3.85. The molecule has 4 saturated carbocycles. The minimum absolute atomic E-state index is 0.0387. The molecule has 156 valence electrons. The Kier molecular flexibility index (Phi) is 4.15. The third-order valence-electron chi connectivity index (χ3n) is 10.3. The molecule has 0 saturated heterocycles. The zero-order valence-electron chi connectivity index (χ0n) is 17.6. The normalized spacial score (nSPS) is 55.8. The molecule has 4 heteroatoms. The van der Waals surface area contributed by atoms with Gasteiger partial charge in [-0.25, -0.2) is 4.79 Å². The van der Waals surface area contributed by atoms with Crippen molar-refractivity contribution in [1.29, 1.82) is 0 Å². The highest BCUT2D eigenvalue weighted by Gasteiger charge is 2.70. The van der Waals surface area contributed by atoms with Gasteiger partial charge < -0.3 is 14.9 Å². The molecule has 4 fully saturated rings. The van der Waals surface area contributed by atoms with Crippen LogP contribution < -0.4 is 0 Å². The van der Waals surface area contributed by atoms with E-state index in [1.807, 2.05) is 0 Å². The number of ether oxygens (including phenoxy) is 1. The molecule has 1 aliphatic heterocycles. The molecule has 1 heterocycles. The van der Waals surface area contributed by atoms with Gasteiger partial charge in [0.1, 0.15) is 6.61 Å². The predicted molar refractivity (Wildman–Crippen MR) is 106 cm³/mol.